The first kappa shape index (κ1) is 15.4. The van der Waals surface area contributed by atoms with E-state index in [2.05, 4.69) is 10.3 Å². The van der Waals surface area contributed by atoms with Crippen molar-refractivity contribution in [3.8, 4) is 0 Å². The summed E-state index contributed by atoms with van der Waals surface area (Å²) in [7, 11) is 0. The highest BCUT2D eigenvalue weighted by molar-refractivity contribution is 5.85. The van der Waals surface area contributed by atoms with E-state index in [0.717, 1.165) is 0 Å². The molecule has 0 aromatic rings. The average molecular weight is 319 g/mol. The van der Waals surface area contributed by atoms with E-state index in [9.17, 15) is 35.4 Å². The van der Waals surface area contributed by atoms with Gasteiger partial charge >= 0.3 is 5.97 Å². The molecule has 0 amide bonds. The number of aliphatic hydroxyl groups excluding tert-OH is 5. The molecular weight excluding hydrogens is 302 g/mol. The van der Waals surface area contributed by atoms with Crippen LogP contribution in [0.5, 0.6) is 0 Å². The molecule has 11 heteroatoms. The van der Waals surface area contributed by atoms with Crippen LogP contribution in [0.3, 0.4) is 0 Å². The van der Waals surface area contributed by atoms with Crippen LogP contribution in [0, 0.1) is 5.92 Å². The molecule has 0 aromatic carbocycles. The number of nitrogens with one attached hydrogen (secondary N) is 1. The highest BCUT2D eigenvalue weighted by Gasteiger charge is 2.75. The van der Waals surface area contributed by atoms with Crippen LogP contribution in [0.2, 0.25) is 0 Å². The van der Waals surface area contributed by atoms with Gasteiger partial charge in [-0.3, -0.25) is 0 Å². The van der Waals surface area contributed by atoms with E-state index < -0.39 is 60.3 Å². The molecule has 8 atom stereocenters. The predicted octanol–water partition coefficient (Wildman–Crippen LogP) is -5.68. The zero-order valence-electron chi connectivity index (χ0n) is 11.2. The van der Waals surface area contributed by atoms with Crippen LogP contribution in [0.15, 0.2) is 4.99 Å². The summed E-state index contributed by atoms with van der Waals surface area (Å²) in [6.07, 6.45) is -9.08. The van der Waals surface area contributed by atoms with Crippen LogP contribution in [-0.2, 0) is 9.53 Å². The number of nitrogens with zero attached hydrogens (tertiary/aromatic N) is 1. The van der Waals surface area contributed by atoms with Crippen molar-refractivity contribution in [1.29, 1.82) is 0 Å². The van der Waals surface area contributed by atoms with E-state index in [1.807, 2.05) is 0 Å². The smallest absolute Gasteiger partial charge is 0.338 e. The lowest BCUT2D eigenvalue weighted by molar-refractivity contribution is -0.309. The summed E-state index contributed by atoms with van der Waals surface area (Å²) in [6.45, 7) is -1.06. The van der Waals surface area contributed by atoms with Gasteiger partial charge in [-0.15, -0.1) is 0 Å². The fourth-order valence-electron chi connectivity index (χ4n) is 3.65. The highest BCUT2D eigenvalue weighted by Crippen LogP contribution is 2.48. The lowest BCUT2D eigenvalue weighted by Crippen LogP contribution is -2.88. The Morgan fingerprint density at radius 2 is 1.91 bits per heavy atom. The van der Waals surface area contributed by atoms with Gasteiger partial charge in [-0.1, -0.05) is 0 Å². The van der Waals surface area contributed by atoms with E-state index >= 15 is 0 Å². The maximum absolute atomic E-state index is 11.9. The molecule has 2 bridgehead atoms. The largest absolute Gasteiger partial charge is 0.454 e. The van der Waals surface area contributed by atoms with Crippen molar-refractivity contribution in [1.82, 2.24) is 5.32 Å². The van der Waals surface area contributed by atoms with Crippen molar-refractivity contribution in [3.05, 3.63) is 0 Å². The number of rotatable bonds is 1. The van der Waals surface area contributed by atoms with Crippen LogP contribution in [0.25, 0.3) is 0 Å². The number of fused-ring (bicyclic) bond motifs is 1. The molecule has 2 heterocycles. The maximum atomic E-state index is 11.9. The van der Waals surface area contributed by atoms with Gasteiger partial charge in [-0.25, -0.2) is 9.79 Å². The number of carbonyl (C=O) groups is 1. The van der Waals surface area contributed by atoms with Crippen molar-refractivity contribution in [2.75, 3.05) is 6.61 Å². The van der Waals surface area contributed by atoms with Gasteiger partial charge in [0.2, 0.25) is 0 Å². The van der Waals surface area contributed by atoms with E-state index in [1.165, 1.54) is 0 Å². The Hall–Kier alpha value is -1.50. The van der Waals surface area contributed by atoms with Crippen molar-refractivity contribution in [2.24, 2.45) is 16.6 Å². The third kappa shape index (κ3) is 1.55. The zero-order chi connectivity index (χ0) is 16.4. The second-order valence-electron chi connectivity index (χ2n) is 5.81. The number of carbonyl (C=O) groups excluding carboxylic acids is 1. The molecule has 9 N–H and O–H groups in total. The van der Waals surface area contributed by atoms with Gasteiger partial charge < -0.3 is 46.4 Å². The Morgan fingerprint density at radius 3 is 2.50 bits per heavy atom. The van der Waals surface area contributed by atoms with Crippen LogP contribution in [0.4, 0.5) is 0 Å². The molecular formula is C11H17N3O8. The molecule has 0 aromatic heterocycles. The molecule has 1 aliphatic carbocycles. The maximum Gasteiger partial charge on any atom is 0.338 e. The number of aliphatic imine (C=N–C) groups is 1. The molecule has 1 unspecified atom stereocenters. The van der Waals surface area contributed by atoms with Gasteiger partial charge in [0.05, 0.1) is 18.6 Å². The second kappa shape index (κ2) is 4.50. The summed E-state index contributed by atoms with van der Waals surface area (Å²) in [5.74, 6) is -3.09. The second-order valence-corrected chi connectivity index (χ2v) is 5.81. The van der Waals surface area contributed by atoms with E-state index in [0.29, 0.717) is 0 Å². The number of hydrogen-bond donors (Lipinski definition) is 8. The normalized spacial score (nSPS) is 53.9. The molecule has 2 fully saturated rings. The first-order valence-electron chi connectivity index (χ1n) is 6.57. The Morgan fingerprint density at radius 1 is 1.27 bits per heavy atom. The lowest BCUT2D eigenvalue weighted by atomic mass is 9.57. The molecule has 11 nitrogen and oxygen atoms in total. The van der Waals surface area contributed by atoms with Crippen molar-refractivity contribution in [2.45, 2.75) is 41.8 Å². The molecule has 22 heavy (non-hydrogen) atoms. The van der Waals surface area contributed by atoms with Crippen LogP contribution in [-0.4, -0.2) is 91.0 Å². The molecule has 1 saturated heterocycles. The monoisotopic (exact) mass is 319 g/mol. The quantitative estimate of drug-likeness (QED) is 0.215. The molecule has 1 saturated carbocycles. The minimum atomic E-state index is -2.44. The number of guanidine groups is 1. The molecule has 3 aliphatic rings. The molecule has 2 aliphatic heterocycles. The summed E-state index contributed by atoms with van der Waals surface area (Å²) in [6, 6.07) is 0. The average Bonchev–Trinajstić information content (AvgIpc) is 2.46. The third-order valence-electron chi connectivity index (χ3n) is 4.78. The zero-order valence-corrected chi connectivity index (χ0v) is 11.2. The van der Waals surface area contributed by atoms with Gasteiger partial charge in [-0.05, 0) is 0 Å². The lowest BCUT2D eigenvalue weighted by Gasteiger charge is -2.62. The predicted molar refractivity (Wildman–Crippen MR) is 66.9 cm³/mol. The van der Waals surface area contributed by atoms with Gasteiger partial charge in [0.1, 0.15) is 11.6 Å². The number of nitrogens with two attached hydrogens (primary N) is 1. The summed E-state index contributed by atoms with van der Waals surface area (Å²) in [5, 5.41) is 63.3. The van der Waals surface area contributed by atoms with Gasteiger partial charge in [0.15, 0.2) is 30.0 Å². The number of aliphatic hydroxyl groups is 6. The van der Waals surface area contributed by atoms with Gasteiger partial charge in [0.25, 0.3) is 0 Å². The van der Waals surface area contributed by atoms with Crippen molar-refractivity contribution < 1.29 is 40.2 Å². The molecule has 124 valence electrons. The van der Waals surface area contributed by atoms with Crippen molar-refractivity contribution in [3.63, 3.8) is 0 Å². The van der Waals surface area contributed by atoms with Crippen LogP contribution >= 0.6 is 0 Å². The Kier molecular flexibility index (Phi) is 3.15. The Labute approximate surface area is 123 Å². The Balaban J connectivity index is 2.22. The summed E-state index contributed by atoms with van der Waals surface area (Å²) >= 11 is 0. The van der Waals surface area contributed by atoms with Gasteiger partial charge in [-0.2, -0.15) is 0 Å². The third-order valence-corrected chi connectivity index (χ3v) is 4.78. The standard InChI is InChI=1S/C11H17N3O8/c12-9-13-7(19)2-3(16)10(21,1-15)6-4(17)11(2,14-9)5(18)8(20)22-6/h2-7,15-19,21H,1H2,(H3,12,13,14)/t2-,3+,4+,5-,6-,7-,10-,11?/m1/s1. The molecule has 0 radical (unpaired) electrons. The van der Waals surface area contributed by atoms with E-state index in [4.69, 9.17) is 10.5 Å². The van der Waals surface area contributed by atoms with Crippen LogP contribution < -0.4 is 11.1 Å². The van der Waals surface area contributed by atoms with Gasteiger partial charge in [0, 0.05) is 0 Å². The highest BCUT2D eigenvalue weighted by atomic mass is 16.6. The fourth-order valence-corrected chi connectivity index (χ4v) is 3.65. The topological polar surface area (TPSA) is 198 Å². The van der Waals surface area contributed by atoms with Crippen molar-refractivity contribution >= 4 is 11.9 Å². The SMILES string of the molecule is NC1=N[C@H](O)[C@H]2[C@H](O)[C@](O)(CO)[C@@H]3OC(=O)[C@@H](O)C2(N1)[C@H]3O. The van der Waals surface area contributed by atoms with E-state index in [1.54, 1.807) is 0 Å². The fraction of sp³-hybridized carbons (Fsp3) is 0.818. The minimum Gasteiger partial charge on any atom is -0.454 e. The summed E-state index contributed by atoms with van der Waals surface area (Å²) in [5.41, 5.74) is 1.04. The van der Waals surface area contributed by atoms with Crippen LogP contribution in [0.1, 0.15) is 0 Å². The molecule has 3 rings (SSSR count). The number of ether oxygens (including phenoxy) is 1. The molecule has 1 spiro atoms. The summed E-state index contributed by atoms with van der Waals surface area (Å²) < 4.78 is 4.76. The number of hydrogen-bond acceptors (Lipinski definition) is 11. The first-order chi connectivity index (χ1) is 10.2. The minimum absolute atomic E-state index is 0.364. The first-order valence-corrected chi connectivity index (χ1v) is 6.57. The summed E-state index contributed by atoms with van der Waals surface area (Å²) in [4.78, 5) is 15.4. The Bertz CT molecular complexity index is 543. The van der Waals surface area contributed by atoms with E-state index in [-0.39, 0.29) is 5.96 Å². The number of esters is 1.